The number of hydrogen-bond donors (Lipinski definition) is 2. The van der Waals surface area contributed by atoms with Crippen molar-refractivity contribution in [2.45, 2.75) is 77.7 Å². The number of carbonyl (C=O) groups is 4. The lowest BCUT2D eigenvalue weighted by Crippen LogP contribution is -2.41. The molecule has 4 atom stereocenters. The second-order valence-electron chi connectivity index (χ2n) is 9.27. The van der Waals surface area contributed by atoms with Gasteiger partial charge in [-0.05, 0) is 54.4 Å². The molecule has 0 radical (unpaired) electrons. The fraction of sp³-hybridized carbons (Fsp3) is 0.636. The first-order chi connectivity index (χ1) is 13.8. The summed E-state index contributed by atoms with van der Waals surface area (Å²) in [6.07, 6.45) is 9.56. The van der Waals surface area contributed by atoms with Crippen molar-refractivity contribution in [2.24, 2.45) is 11.8 Å². The molecule has 0 aromatic rings. The van der Waals surface area contributed by atoms with Crippen molar-refractivity contribution in [3.63, 3.8) is 0 Å². The highest BCUT2D eigenvalue weighted by Gasteiger charge is 2.27. The number of nitrogens with one attached hydrogen (secondary N) is 2. The van der Waals surface area contributed by atoms with E-state index in [4.69, 9.17) is 9.47 Å². The second kappa shape index (κ2) is 10.9. The van der Waals surface area contributed by atoms with Crippen LogP contribution in [0.2, 0.25) is 0 Å². The van der Waals surface area contributed by atoms with E-state index in [2.05, 4.69) is 10.6 Å². The summed E-state index contributed by atoms with van der Waals surface area (Å²) in [6.45, 7) is 10.8. The molecule has 8 nitrogen and oxygen atoms in total. The fourth-order valence-electron chi connectivity index (χ4n) is 2.82. The van der Waals surface area contributed by atoms with E-state index >= 15 is 0 Å². The Morgan fingerprint density at radius 1 is 0.767 bits per heavy atom. The average molecular weight is 423 g/mol. The first-order valence-electron chi connectivity index (χ1n) is 10.1. The maximum atomic E-state index is 11.4. The molecule has 2 amide bonds. The zero-order valence-electron chi connectivity index (χ0n) is 18.6. The minimum Gasteiger partial charge on any atom is -0.444 e. The van der Waals surface area contributed by atoms with Gasteiger partial charge < -0.3 is 29.7 Å². The molecule has 0 heterocycles. The minimum absolute atomic E-state index is 0.155. The van der Waals surface area contributed by atoms with Crippen LogP contribution in [0.5, 0.6) is 0 Å². The summed E-state index contributed by atoms with van der Waals surface area (Å²) in [4.78, 5) is 44.1. The Balaban J connectivity index is 0.000000300. The highest BCUT2D eigenvalue weighted by atomic mass is 16.6. The van der Waals surface area contributed by atoms with Crippen molar-refractivity contribution >= 4 is 24.8 Å². The molecule has 30 heavy (non-hydrogen) atoms. The molecule has 2 rings (SSSR count). The molecule has 0 fully saturated rings. The topological polar surface area (TPSA) is 111 Å². The monoisotopic (exact) mass is 422 g/mol. The highest BCUT2D eigenvalue weighted by molar-refractivity contribution is 5.70. The molecule has 0 aromatic heterocycles. The van der Waals surface area contributed by atoms with E-state index in [1.165, 1.54) is 0 Å². The Morgan fingerprint density at radius 2 is 1.10 bits per heavy atom. The highest BCUT2D eigenvalue weighted by Crippen LogP contribution is 2.18. The van der Waals surface area contributed by atoms with Crippen LogP contribution in [0.25, 0.3) is 0 Å². The van der Waals surface area contributed by atoms with Crippen molar-refractivity contribution in [1.29, 1.82) is 0 Å². The smallest absolute Gasteiger partial charge is 0.408 e. The predicted octanol–water partition coefficient (Wildman–Crippen LogP) is 3.31. The van der Waals surface area contributed by atoms with Crippen LogP contribution in [0, 0.1) is 11.8 Å². The summed E-state index contributed by atoms with van der Waals surface area (Å²) in [5, 5.41) is 5.31. The quantitative estimate of drug-likeness (QED) is 0.531. The van der Waals surface area contributed by atoms with E-state index in [0.717, 1.165) is 12.6 Å². The van der Waals surface area contributed by atoms with Crippen molar-refractivity contribution < 1.29 is 28.7 Å². The molecule has 0 bridgehead atoms. The van der Waals surface area contributed by atoms with Gasteiger partial charge in [-0.2, -0.15) is 0 Å². The van der Waals surface area contributed by atoms with Crippen molar-refractivity contribution in [3.05, 3.63) is 24.3 Å². The molecule has 2 N–H and O–H groups in total. The first-order valence-corrected chi connectivity index (χ1v) is 10.1. The molecule has 0 spiro atoms. The van der Waals surface area contributed by atoms with E-state index in [0.29, 0.717) is 12.8 Å². The number of aldehydes is 2. The third kappa shape index (κ3) is 9.71. The van der Waals surface area contributed by atoms with Crippen LogP contribution in [0.1, 0.15) is 54.4 Å². The summed E-state index contributed by atoms with van der Waals surface area (Å²) < 4.78 is 10.2. The summed E-state index contributed by atoms with van der Waals surface area (Å²) in [6, 6.07) is -0.449. The average Bonchev–Trinajstić information content (AvgIpc) is 3.20. The summed E-state index contributed by atoms with van der Waals surface area (Å²) in [5.74, 6) is -0.310. The lowest BCUT2D eigenvalue weighted by molar-refractivity contribution is -0.112. The lowest BCUT2D eigenvalue weighted by atomic mass is 10.1. The van der Waals surface area contributed by atoms with Crippen LogP contribution in [0.4, 0.5) is 9.59 Å². The second-order valence-corrected chi connectivity index (χ2v) is 9.27. The van der Waals surface area contributed by atoms with E-state index in [1.54, 1.807) is 41.5 Å². The molecule has 0 saturated heterocycles. The van der Waals surface area contributed by atoms with Gasteiger partial charge in [0.2, 0.25) is 0 Å². The molecule has 0 aromatic carbocycles. The predicted molar refractivity (Wildman–Crippen MR) is 113 cm³/mol. The van der Waals surface area contributed by atoms with E-state index < -0.39 is 23.4 Å². The largest absolute Gasteiger partial charge is 0.444 e. The fourth-order valence-corrected chi connectivity index (χ4v) is 2.82. The maximum Gasteiger partial charge on any atom is 0.408 e. The van der Waals surface area contributed by atoms with E-state index in [1.807, 2.05) is 24.3 Å². The zero-order chi connectivity index (χ0) is 22.9. The molecule has 2 aliphatic rings. The van der Waals surface area contributed by atoms with Crippen molar-refractivity contribution in [1.82, 2.24) is 10.6 Å². The van der Waals surface area contributed by atoms with Crippen LogP contribution in [0.3, 0.4) is 0 Å². The lowest BCUT2D eigenvalue weighted by Gasteiger charge is -2.22. The Hall–Kier alpha value is -2.64. The standard InChI is InChI=1S/2C11H17NO3/c2*1-11(2,3)15-10(14)12-9-6-4-5-8(9)7-13/h2*4,6-9H,5H2,1-3H3,(H,12,14)/t2*8-,9-/m10/s1. The van der Waals surface area contributed by atoms with Gasteiger partial charge in [0.1, 0.15) is 23.8 Å². The SMILES string of the molecule is CC(C)(C)OC(=O)N[C@@H]1C=CC[C@@H]1C=O.CC(C)(C)OC(=O)N[C@H]1C=CC[C@H]1C=O. The van der Waals surface area contributed by atoms with Gasteiger partial charge in [0.25, 0.3) is 0 Å². The number of carbonyl (C=O) groups excluding carboxylic acids is 4. The van der Waals surface area contributed by atoms with Gasteiger partial charge in [-0.25, -0.2) is 9.59 Å². The molecular weight excluding hydrogens is 388 g/mol. The van der Waals surface area contributed by atoms with Gasteiger partial charge in [0, 0.05) is 11.8 Å². The van der Waals surface area contributed by atoms with E-state index in [-0.39, 0.29) is 23.9 Å². The molecule has 0 aliphatic heterocycles. The number of rotatable bonds is 4. The maximum absolute atomic E-state index is 11.4. The zero-order valence-corrected chi connectivity index (χ0v) is 18.6. The molecule has 2 aliphatic carbocycles. The van der Waals surface area contributed by atoms with Gasteiger partial charge in [0.15, 0.2) is 0 Å². The Kier molecular flexibility index (Phi) is 9.26. The van der Waals surface area contributed by atoms with Crippen LogP contribution < -0.4 is 10.6 Å². The molecule has 168 valence electrons. The van der Waals surface area contributed by atoms with Crippen LogP contribution in [-0.4, -0.2) is 48.0 Å². The van der Waals surface area contributed by atoms with Gasteiger partial charge in [-0.3, -0.25) is 0 Å². The van der Waals surface area contributed by atoms with E-state index in [9.17, 15) is 19.2 Å². The van der Waals surface area contributed by atoms with Gasteiger partial charge in [0.05, 0.1) is 12.1 Å². The van der Waals surface area contributed by atoms with Gasteiger partial charge >= 0.3 is 12.2 Å². The molecule has 8 heteroatoms. The number of alkyl carbamates (subject to hydrolysis) is 2. The first kappa shape index (κ1) is 25.4. The van der Waals surface area contributed by atoms with Crippen LogP contribution in [-0.2, 0) is 19.1 Å². The third-order valence-corrected chi connectivity index (χ3v) is 4.14. The normalized spacial score (nSPS) is 25.0. The Bertz CT molecular complexity index is 614. The molecule has 0 unspecified atom stereocenters. The Morgan fingerprint density at radius 3 is 1.37 bits per heavy atom. The molecule has 0 saturated carbocycles. The van der Waals surface area contributed by atoms with Crippen molar-refractivity contribution in [3.8, 4) is 0 Å². The van der Waals surface area contributed by atoms with Crippen LogP contribution in [0.15, 0.2) is 24.3 Å². The van der Waals surface area contributed by atoms with Gasteiger partial charge in [-0.15, -0.1) is 0 Å². The minimum atomic E-state index is -0.511. The number of hydrogen-bond acceptors (Lipinski definition) is 6. The summed E-state index contributed by atoms with van der Waals surface area (Å²) >= 11 is 0. The Labute approximate surface area is 178 Å². The van der Waals surface area contributed by atoms with Crippen molar-refractivity contribution in [2.75, 3.05) is 0 Å². The number of amides is 2. The summed E-state index contributed by atoms with van der Waals surface area (Å²) in [5.41, 5.74) is -1.02. The third-order valence-electron chi connectivity index (χ3n) is 4.14. The number of allylic oxidation sites excluding steroid dienone is 2. The van der Waals surface area contributed by atoms with Gasteiger partial charge in [-0.1, -0.05) is 24.3 Å². The molecular formula is C22H34N2O6. The number of ether oxygens (including phenoxy) is 2. The van der Waals surface area contributed by atoms with Crippen LogP contribution >= 0.6 is 0 Å². The summed E-state index contributed by atoms with van der Waals surface area (Å²) in [7, 11) is 0.